The minimum absolute atomic E-state index is 0.0117. The van der Waals surface area contributed by atoms with E-state index in [0.29, 0.717) is 29.4 Å². The molecule has 0 spiro atoms. The van der Waals surface area contributed by atoms with Crippen molar-refractivity contribution in [2.24, 2.45) is 0 Å². The number of anilines is 1. The average Bonchev–Trinajstić information content (AvgIpc) is 2.86. The molecule has 0 aliphatic rings. The van der Waals surface area contributed by atoms with Gasteiger partial charge in [0.25, 0.3) is 5.91 Å². The molecule has 4 aromatic rings. The summed E-state index contributed by atoms with van der Waals surface area (Å²) >= 11 is 0. The zero-order valence-corrected chi connectivity index (χ0v) is 18.1. The molecule has 5 nitrogen and oxygen atoms in total. The summed E-state index contributed by atoms with van der Waals surface area (Å²) in [6.07, 6.45) is 1.53. The fourth-order valence-electron chi connectivity index (χ4n) is 3.41. The largest absolute Gasteiger partial charge is 0.493 e. The van der Waals surface area contributed by atoms with Crippen molar-refractivity contribution in [3.63, 3.8) is 0 Å². The fraction of sp³-hybridized carbons (Fsp3) is 0.0714. The Morgan fingerprint density at radius 1 is 0.909 bits per heavy atom. The summed E-state index contributed by atoms with van der Waals surface area (Å²) in [6, 6.07) is 30.6. The van der Waals surface area contributed by atoms with E-state index in [-0.39, 0.29) is 5.57 Å². The molecule has 0 atom stereocenters. The van der Waals surface area contributed by atoms with Crippen LogP contribution in [-0.4, -0.2) is 13.0 Å². The van der Waals surface area contributed by atoms with E-state index in [0.717, 1.165) is 16.3 Å². The van der Waals surface area contributed by atoms with Crippen LogP contribution in [0.3, 0.4) is 0 Å². The SMILES string of the molecule is COc1ccc(/C=C(\C#N)C(=O)Nc2ccc3ccccc3c2)cc1OCc1ccccc1. The molecule has 0 aromatic heterocycles. The number of fused-ring (bicyclic) bond motifs is 1. The van der Waals surface area contributed by atoms with Gasteiger partial charge in [0.1, 0.15) is 18.2 Å². The van der Waals surface area contributed by atoms with Gasteiger partial charge in [0, 0.05) is 5.69 Å². The van der Waals surface area contributed by atoms with Crippen LogP contribution in [-0.2, 0) is 11.4 Å². The second kappa shape index (κ2) is 10.2. The standard InChI is InChI=1S/C28H22N2O3/c1-32-26-14-11-21(16-27(26)33-19-20-7-3-2-4-8-20)15-24(18-29)28(31)30-25-13-12-22-9-5-6-10-23(22)17-25/h2-17H,19H2,1H3,(H,30,31)/b24-15+. The lowest BCUT2D eigenvalue weighted by molar-refractivity contribution is -0.112. The maximum Gasteiger partial charge on any atom is 0.266 e. The molecule has 4 rings (SSSR count). The first-order valence-corrected chi connectivity index (χ1v) is 10.4. The predicted octanol–water partition coefficient (Wildman–Crippen LogP) is 5.97. The first kappa shape index (κ1) is 21.7. The van der Waals surface area contributed by atoms with E-state index in [2.05, 4.69) is 5.32 Å². The van der Waals surface area contributed by atoms with Crippen LogP contribution in [0.5, 0.6) is 11.5 Å². The molecular formula is C28H22N2O3. The predicted molar refractivity (Wildman–Crippen MR) is 130 cm³/mol. The van der Waals surface area contributed by atoms with Crippen molar-refractivity contribution in [3.8, 4) is 17.6 Å². The molecule has 0 aliphatic heterocycles. The van der Waals surface area contributed by atoms with E-state index < -0.39 is 5.91 Å². The van der Waals surface area contributed by atoms with Crippen molar-refractivity contribution < 1.29 is 14.3 Å². The molecule has 0 fully saturated rings. The first-order chi connectivity index (χ1) is 16.2. The van der Waals surface area contributed by atoms with Crippen molar-refractivity contribution in [2.45, 2.75) is 6.61 Å². The molecule has 0 saturated heterocycles. The summed E-state index contributed by atoms with van der Waals surface area (Å²) in [6.45, 7) is 0.373. The summed E-state index contributed by atoms with van der Waals surface area (Å²) in [5.74, 6) is 0.625. The Labute approximate surface area is 192 Å². The average molecular weight is 434 g/mol. The van der Waals surface area contributed by atoms with Crippen molar-refractivity contribution >= 4 is 28.4 Å². The number of carbonyl (C=O) groups is 1. The third-order valence-corrected chi connectivity index (χ3v) is 5.11. The van der Waals surface area contributed by atoms with Gasteiger partial charge >= 0.3 is 0 Å². The number of nitriles is 1. The summed E-state index contributed by atoms with van der Waals surface area (Å²) in [7, 11) is 1.57. The van der Waals surface area contributed by atoms with Crippen LogP contribution < -0.4 is 14.8 Å². The third-order valence-electron chi connectivity index (χ3n) is 5.11. The van der Waals surface area contributed by atoms with Crippen LogP contribution in [0.15, 0.2) is 96.6 Å². The lowest BCUT2D eigenvalue weighted by atomic mass is 10.1. The number of nitrogens with zero attached hydrogens (tertiary/aromatic N) is 1. The minimum Gasteiger partial charge on any atom is -0.493 e. The second-order valence-corrected chi connectivity index (χ2v) is 7.37. The zero-order chi connectivity index (χ0) is 23.0. The second-order valence-electron chi connectivity index (χ2n) is 7.37. The van der Waals surface area contributed by atoms with Crippen molar-refractivity contribution in [1.29, 1.82) is 5.26 Å². The highest BCUT2D eigenvalue weighted by Gasteiger charge is 2.12. The maximum absolute atomic E-state index is 12.7. The fourth-order valence-corrected chi connectivity index (χ4v) is 3.41. The minimum atomic E-state index is -0.477. The topological polar surface area (TPSA) is 71.3 Å². The molecule has 0 saturated carbocycles. The van der Waals surface area contributed by atoms with Gasteiger partial charge in [-0.2, -0.15) is 5.26 Å². The first-order valence-electron chi connectivity index (χ1n) is 10.4. The summed E-state index contributed by atoms with van der Waals surface area (Å²) in [4.78, 5) is 12.7. The number of benzene rings is 4. The Balaban J connectivity index is 1.53. The van der Waals surface area contributed by atoms with Gasteiger partial charge in [-0.1, -0.05) is 66.7 Å². The van der Waals surface area contributed by atoms with E-state index in [4.69, 9.17) is 9.47 Å². The quantitative estimate of drug-likeness (QED) is 0.287. The molecule has 1 amide bonds. The third kappa shape index (κ3) is 5.38. The van der Waals surface area contributed by atoms with Crippen LogP contribution >= 0.6 is 0 Å². The molecular weight excluding hydrogens is 412 g/mol. The maximum atomic E-state index is 12.7. The van der Waals surface area contributed by atoms with Gasteiger partial charge in [-0.15, -0.1) is 0 Å². The summed E-state index contributed by atoms with van der Waals surface area (Å²) in [5.41, 5.74) is 2.29. The monoisotopic (exact) mass is 434 g/mol. The molecule has 4 aromatic carbocycles. The normalized spacial score (nSPS) is 11.0. The molecule has 33 heavy (non-hydrogen) atoms. The van der Waals surface area contributed by atoms with E-state index in [1.165, 1.54) is 6.08 Å². The summed E-state index contributed by atoms with van der Waals surface area (Å²) in [5, 5.41) is 14.5. The van der Waals surface area contributed by atoms with Crippen molar-refractivity contribution in [1.82, 2.24) is 0 Å². The smallest absolute Gasteiger partial charge is 0.266 e. The molecule has 0 heterocycles. The van der Waals surface area contributed by atoms with Crippen LogP contribution in [0, 0.1) is 11.3 Å². The van der Waals surface area contributed by atoms with E-state index >= 15 is 0 Å². The van der Waals surface area contributed by atoms with Gasteiger partial charge in [0.2, 0.25) is 0 Å². The highest BCUT2D eigenvalue weighted by molar-refractivity contribution is 6.10. The number of rotatable bonds is 7. The zero-order valence-electron chi connectivity index (χ0n) is 18.1. The van der Waals surface area contributed by atoms with Gasteiger partial charge in [0.05, 0.1) is 7.11 Å². The Kier molecular flexibility index (Phi) is 6.67. The number of amides is 1. The number of methoxy groups -OCH3 is 1. The lowest BCUT2D eigenvalue weighted by Crippen LogP contribution is -2.13. The molecule has 162 valence electrons. The van der Waals surface area contributed by atoms with Gasteiger partial charge in [-0.3, -0.25) is 4.79 Å². The van der Waals surface area contributed by atoms with Gasteiger partial charge in [0.15, 0.2) is 11.5 Å². The number of carbonyl (C=O) groups excluding carboxylic acids is 1. The highest BCUT2D eigenvalue weighted by atomic mass is 16.5. The molecule has 0 bridgehead atoms. The number of nitrogens with one attached hydrogen (secondary N) is 1. The van der Waals surface area contributed by atoms with Crippen LogP contribution in [0.25, 0.3) is 16.8 Å². The highest BCUT2D eigenvalue weighted by Crippen LogP contribution is 2.30. The number of hydrogen-bond acceptors (Lipinski definition) is 4. The number of hydrogen-bond donors (Lipinski definition) is 1. The molecule has 5 heteroatoms. The van der Waals surface area contributed by atoms with Gasteiger partial charge < -0.3 is 14.8 Å². The molecule has 0 unspecified atom stereocenters. The van der Waals surface area contributed by atoms with Crippen LogP contribution in [0.1, 0.15) is 11.1 Å². The van der Waals surface area contributed by atoms with Gasteiger partial charge in [-0.25, -0.2) is 0 Å². The Morgan fingerprint density at radius 2 is 1.67 bits per heavy atom. The lowest BCUT2D eigenvalue weighted by Gasteiger charge is -2.12. The van der Waals surface area contributed by atoms with Crippen molar-refractivity contribution in [2.75, 3.05) is 12.4 Å². The van der Waals surface area contributed by atoms with Crippen LogP contribution in [0.2, 0.25) is 0 Å². The van der Waals surface area contributed by atoms with E-state index in [9.17, 15) is 10.1 Å². The molecule has 0 aliphatic carbocycles. The van der Waals surface area contributed by atoms with Gasteiger partial charge in [-0.05, 0) is 52.2 Å². The molecule has 1 N–H and O–H groups in total. The number of ether oxygens (including phenoxy) is 2. The van der Waals surface area contributed by atoms with E-state index in [1.807, 2.05) is 78.9 Å². The Morgan fingerprint density at radius 3 is 2.42 bits per heavy atom. The Hall–Kier alpha value is -4.56. The summed E-state index contributed by atoms with van der Waals surface area (Å²) < 4.78 is 11.3. The van der Waals surface area contributed by atoms with E-state index in [1.54, 1.807) is 25.3 Å². The van der Waals surface area contributed by atoms with Crippen LogP contribution in [0.4, 0.5) is 5.69 Å². The van der Waals surface area contributed by atoms with Crippen molar-refractivity contribution in [3.05, 3.63) is 108 Å². The molecule has 0 radical (unpaired) electrons. The Bertz CT molecular complexity index is 1350.